The number of hydrogen-bond acceptors (Lipinski definition) is 6. The number of carbonyl (C=O) groups is 1. The molecule has 0 aliphatic carbocycles. The maximum atomic E-state index is 13.8. The molecule has 0 fully saturated rings. The fourth-order valence-electron chi connectivity index (χ4n) is 3.45. The van der Waals surface area contributed by atoms with Gasteiger partial charge in [-0.05, 0) is 43.7 Å². The molecule has 0 spiro atoms. The Hall–Kier alpha value is -3.50. The monoisotopic (exact) mass is 490 g/mol. The number of carbonyl (C=O) groups excluding carboxylic acids is 1. The van der Waals surface area contributed by atoms with Crippen LogP contribution in [0.15, 0.2) is 47.5 Å². The van der Waals surface area contributed by atoms with Crippen molar-refractivity contribution in [1.82, 2.24) is 9.55 Å². The number of anilines is 2. The zero-order valence-electron chi connectivity index (χ0n) is 18.3. The lowest BCUT2D eigenvalue weighted by atomic mass is 10.1. The number of benzene rings is 2. The quantitative estimate of drug-likeness (QED) is 0.550. The molecule has 0 radical (unpaired) electrons. The van der Waals surface area contributed by atoms with Gasteiger partial charge in [-0.25, -0.2) is 13.8 Å². The molecular weight excluding hydrogens is 470 g/mol. The van der Waals surface area contributed by atoms with Gasteiger partial charge in [0, 0.05) is 11.6 Å². The molecule has 4 rings (SSSR count). The molecule has 0 unspecified atom stereocenters. The second-order valence-electron chi connectivity index (χ2n) is 8.30. The van der Waals surface area contributed by atoms with Gasteiger partial charge in [0.25, 0.3) is 11.5 Å². The van der Waals surface area contributed by atoms with E-state index in [9.17, 15) is 23.5 Å². The zero-order chi connectivity index (χ0) is 24.6. The molecule has 1 aromatic heterocycles. The Morgan fingerprint density at radius 3 is 2.74 bits per heavy atom. The summed E-state index contributed by atoms with van der Waals surface area (Å²) < 4.78 is 33.5. The first-order valence-corrected chi connectivity index (χ1v) is 10.6. The van der Waals surface area contributed by atoms with Gasteiger partial charge in [0.15, 0.2) is 5.02 Å². The molecule has 2 N–H and O–H groups in total. The Balaban J connectivity index is 1.52. The number of nitrogens with one attached hydrogen (secondary N) is 1. The van der Waals surface area contributed by atoms with Gasteiger partial charge in [0.05, 0.1) is 24.6 Å². The van der Waals surface area contributed by atoms with Crippen molar-refractivity contribution in [3.05, 3.63) is 80.9 Å². The third-order valence-corrected chi connectivity index (χ3v) is 5.56. The van der Waals surface area contributed by atoms with E-state index in [1.54, 1.807) is 18.2 Å². The highest BCUT2D eigenvalue weighted by atomic mass is 35.5. The first-order chi connectivity index (χ1) is 16.0. The second-order valence-corrected chi connectivity index (χ2v) is 8.68. The smallest absolute Gasteiger partial charge is 0.276 e. The molecule has 1 aliphatic rings. The van der Waals surface area contributed by atoms with Crippen LogP contribution in [0.1, 0.15) is 25.0 Å². The molecular formula is C23H21ClF2N4O4. The molecule has 2 aromatic carbocycles. The van der Waals surface area contributed by atoms with E-state index in [4.69, 9.17) is 16.3 Å². The third-order valence-electron chi connectivity index (χ3n) is 5.23. The van der Waals surface area contributed by atoms with Crippen molar-refractivity contribution >= 4 is 28.9 Å². The summed E-state index contributed by atoms with van der Waals surface area (Å²) in [5, 5.41) is 12.9. The number of hydrogen-bond donors (Lipinski definition) is 2. The maximum absolute atomic E-state index is 13.8. The van der Waals surface area contributed by atoms with Gasteiger partial charge in [-0.2, -0.15) is 0 Å². The average molecular weight is 491 g/mol. The van der Waals surface area contributed by atoms with Crippen LogP contribution < -0.4 is 20.5 Å². The number of nitrogens with zero attached hydrogens (tertiary/aromatic N) is 3. The highest BCUT2D eigenvalue weighted by Gasteiger charge is 2.34. The predicted octanol–water partition coefficient (Wildman–Crippen LogP) is 3.29. The van der Waals surface area contributed by atoms with Crippen LogP contribution in [0.2, 0.25) is 5.02 Å². The van der Waals surface area contributed by atoms with Gasteiger partial charge in [-0.3, -0.25) is 19.1 Å². The standard InChI is InChI=1S/C23H21ClF2N4O4/c1-23(2,33)22(32)30-12-27-17-6-3-13(7-18(17)30)9-29-11-28-20(19(24)21(29)31)34-10-14-4-5-15(25)8-16(14)26/h3-8,11,27,33H,9-10,12H2,1-2H3. The van der Waals surface area contributed by atoms with Crippen molar-refractivity contribution in [2.45, 2.75) is 32.6 Å². The summed E-state index contributed by atoms with van der Waals surface area (Å²) in [7, 11) is 0. The van der Waals surface area contributed by atoms with Gasteiger partial charge < -0.3 is 15.2 Å². The van der Waals surface area contributed by atoms with Crippen molar-refractivity contribution in [3.8, 4) is 5.88 Å². The number of amides is 1. The number of aliphatic hydroxyl groups is 1. The highest BCUT2D eigenvalue weighted by Crippen LogP contribution is 2.34. The normalized spacial score (nSPS) is 12.9. The van der Waals surface area contributed by atoms with Crippen LogP contribution in [0.25, 0.3) is 0 Å². The first kappa shape index (κ1) is 23.7. The van der Waals surface area contributed by atoms with Gasteiger partial charge >= 0.3 is 0 Å². The highest BCUT2D eigenvalue weighted by molar-refractivity contribution is 6.31. The lowest BCUT2D eigenvalue weighted by Crippen LogP contribution is -2.45. The summed E-state index contributed by atoms with van der Waals surface area (Å²) in [5.41, 5.74) is -0.0346. The molecule has 2 heterocycles. The topological polar surface area (TPSA) is 96.7 Å². The molecule has 8 nitrogen and oxygen atoms in total. The van der Waals surface area contributed by atoms with Gasteiger partial charge in [0.2, 0.25) is 5.88 Å². The van der Waals surface area contributed by atoms with Crippen LogP contribution in [0.4, 0.5) is 20.2 Å². The Kier molecular flexibility index (Phi) is 6.28. The SMILES string of the molecule is CC(C)(O)C(=O)N1CNc2ccc(Cn3cnc(OCc4ccc(F)cc4F)c(Cl)c3=O)cc21. The lowest BCUT2D eigenvalue weighted by Gasteiger charge is -2.24. The fraction of sp³-hybridized carbons (Fsp3) is 0.261. The fourth-order valence-corrected chi connectivity index (χ4v) is 3.66. The molecule has 1 aliphatic heterocycles. The van der Waals surface area contributed by atoms with Gasteiger partial charge in [-0.1, -0.05) is 17.7 Å². The first-order valence-electron chi connectivity index (χ1n) is 10.3. The van der Waals surface area contributed by atoms with Crippen molar-refractivity contribution in [2.75, 3.05) is 16.9 Å². The molecule has 1 amide bonds. The van der Waals surface area contributed by atoms with Crippen molar-refractivity contribution < 1.29 is 23.4 Å². The van der Waals surface area contributed by atoms with E-state index in [1.165, 1.54) is 35.7 Å². The minimum atomic E-state index is -1.54. The Morgan fingerprint density at radius 1 is 1.26 bits per heavy atom. The molecule has 11 heteroatoms. The van der Waals surface area contributed by atoms with E-state index in [0.29, 0.717) is 11.3 Å². The van der Waals surface area contributed by atoms with Crippen molar-refractivity contribution in [2.24, 2.45) is 0 Å². The number of ether oxygens (including phenoxy) is 1. The summed E-state index contributed by atoms with van der Waals surface area (Å²) in [6, 6.07) is 8.35. The predicted molar refractivity (Wildman–Crippen MR) is 122 cm³/mol. The molecule has 0 saturated heterocycles. The number of rotatable bonds is 6. The number of aromatic nitrogens is 2. The van der Waals surface area contributed by atoms with Crippen LogP contribution in [0.3, 0.4) is 0 Å². The summed E-state index contributed by atoms with van der Waals surface area (Å²) in [4.78, 5) is 30.7. The summed E-state index contributed by atoms with van der Waals surface area (Å²) in [6.07, 6.45) is 1.25. The third kappa shape index (κ3) is 4.73. The minimum absolute atomic E-state index is 0.0837. The van der Waals surface area contributed by atoms with Crippen LogP contribution in [-0.4, -0.2) is 32.8 Å². The van der Waals surface area contributed by atoms with E-state index in [-0.39, 0.29) is 36.3 Å². The summed E-state index contributed by atoms with van der Waals surface area (Å²) >= 11 is 6.14. The molecule has 3 aromatic rings. The van der Waals surface area contributed by atoms with Gasteiger partial charge in [-0.15, -0.1) is 0 Å². The molecule has 34 heavy (non-hydrogen) atoms. The van der Waals surface area contributed by atoms with E-state index in [1.807, 2.05) is 0 Å². The van der Waals surface area contributed by atoms with Crippen LogP contribution in [0.5, 0.6) is 5.88 Å². The summed E-state index contributed by atoms with van der Waals surface area (Å²) in [5.74, 6) is -2.13. The molecule has 0 atom stereocenters. The van der Waals surface area contributed by atoms with E-state index in [2.05, 4.69) is 10.3 Å². The van der Waals surface area contributed by atoms with Crippen LogP contribution in [0, 0.1) is 11.6 Å². The Morgan fingerprint density at radius 2 is 2.03 bits per heavy atom. The molecule has 0 saturated carbocycles. The van der Waals surface area contributed by atoms with E-state index < -0.39 is 28.7 Å². The minimum Gasteiger partial charge on any atom is -0.471 e. The number of fused-ring (bicyclic) bond motifs is 1. The lowest BCUT2D eigenvalue weighted by molar-refractivity contribution is -0.133. The molecule has 0 bridgehead atoms. The summed E-state index contributed by atoms with van der Waals surface area (Å²) in [6.45, 7) is 2.87. The van der Waals surface area contributed by atoms with Gasteiger partial charge in [0.1, 0.15) is 30.2 Å². The zero-order valence-corrected chi connectivity index (χ0v) is 19.1. The number of halogens is 3. The van der Waals surface area contributed by atoms with Crippen LogP contribution in [-0.2, 0) is 17.9 Å². The maximum Gasteiger partial charge on any atom is 0.276 e. The van der Waals surface area contributed by atoms with Crippen molar-refractivity contribution in [1.29, 1.82) is 0 Å². The average Bonchev–Trinajstić information content (AvgIpc) is 3.19. The van der Waals surface area contributed by atoms with Crippen LogP contribution >= 0.6 is 11.6 Å². The second kappa shape index (κ2) is 9.03. The largest absolute Gasteiger partial charge is 0.471 e. The Labute approximate surface area is 198 Å². The van der Waals surface area contributed by atoms with E-state index in [0.717, 1.165) is 17.8 Å². The van der Waals surface area contributed by atoms with E-state index >= 15 is 0 Å². The van der Waals surface area contributed by atoms with Crippen molar-refractivity contribution in [3.63, 3.8) is 0 Å². The Bertz CT molecular complexity index is 1320. The molecule has 178 valence electrons.